The number of rotatable bonds is 8. The Bertz CT molecular complexity index is 1470. The molecule has 1 N–H and O–H groups in total. The molecule has 2 fully saturated rings. The van der Waals surface area contributed by atoms with Gasteiger partial charge in [-0.15, -0.1) is 0 Å². The molecule has 0 amide bonds. The van der Waals surface area contributed by atoms with Crippen molar-refractivity contribution in [3.63, 3.8) is 0 Å². The highest BCUT2D eigenvalue weighted by Crippen LogP contribution is 2.21. The third kappa shape index (κ3) is 6.40. The maximum absolute atomic E-state index is 11.4. The van der Waals surface area contributed by atoms with Gasteiger partial charge in [0.1, 0.15) is 29.3 Å². The summed E-state index contributed by atoms with van der Waals surface area (Å²) in [7, 11) is 0. The van der Waals surface area contributed by atoms with E-state index in [1.54, 1.807) is 12.4 Å². The third-order valence-corrected chi connectivity index (χ3v) is 7.20. The second kappa shape index (κ2) is 11.7. The van der Waals surface area contributed by atoms with Crippen LogP contribution in [0, 0.1) is 6.92 Å². The highest BCUT2D eigenvalue weighted by molar-refractivity contribution is 5.71. The summed E-state index contributed by atoms with van der Waals surface area (Å²) < 4.78 is 5.38. The van der Waals surface area contributed by atoms with Crippen molar-refractivity contribution in [3.8, 4) is 11.5 Å². The summed E-state index contributed by atoms with van der Waals surface area (Å²) >= 11 is 0. The van der Waals surface area contributed by atoms with Gasteiger partial charge in [0.25, 0.3) is 0 Å². The van der Waals surface area contributed by atoms with Crippen molar-refractivity contribution in [1.29, 1.82) is 0 Å². The number of hydrogen-bond donors (Lipinski definition) is 1. The summed E-state index contributed by atoms with van der Waals surface area (Å²) in [6.45, 7) is 6.65. The van der Waals surface area contributed by atoms with Crippen molar-refractivity contribution < 1.29 is 9.53 Å². The molecule has 40 heavy (non-hydrogen) atoms. The molecular formula is C30H32N8O2. The first-order valence-corrected chi connectivity index (χ1v) is 13.7. The van der Waals surface area contributed by atoms with E-state index in [9.17, 15) is 4.79 Å². The maximum Gasteiger partial charge on any atom is 0.306 e. The fourth-order valence-corrected chi connectivity index (χ4v) is 5.10. The molecule has 5 heterocycles. The average Bonchev–Trinajstić information content (AvgIpc) is 3.38. The van der Waals surface area contributed by atoms with Crippen LogP contribution >= 0.6 is 0 Å². The standard InChI is InChI=1S/C30H32N8O2/c1-21-3-2-4-25(33-21)30-32-14-12-27(36-30)34-26-11-13-31-28(35-26)19-22-5-7-23(8-6-22)38-17-15-37(16-18-38)20-24-9-10-29(39)40-24/h2-8,11-14,24H,9-10,15-20H2,1H3,(H,31,32,34,35,36). The number of pyridine rings is 1. The van der Waals surface area contributed by atoms with E-state index in [1.807, 2.05) is 37.3 Å². The second-order valence-corrected chi connectivity index (χ2v) is 10.2. The van der Waals surface area contributed by atoms with E-state index < -0.39 is 0 Å². The van der Waals surface area contributed by atoms with Crippen LogP contribution in [0.15, 0.2) is 67.0 Å². The lowest BCUT2D eigenvalue weighted by molar-refractivity contribution is -0.142. The number of aromatic nitrogens is 5. The van der Waals surface area contributed by atoms with Gasteiger partial charge in [0.05, 0.1) is 0 Å². The Hall–Kier alpha value is -4.44. The lowest BCUT2D eigenvalue weighted by atomic mass is 10.1. The normalized spacial score (nSPS) is 17.6. The zero-order chi connectivity index (χ0) is 27.3. The van der Waals surface area contributed by atoms with Gasteiger partial charge < -0.3 is 15.0 Å². The Morgan fingerprint density at radius 3 is 2.42 bits per heavy atom. The van der Waals surface area contributed by atoms with Gasteiger partial charge in [-0.25, -0.2) is 24.9 Å². The summed E-state index contributed by atoms with van der Waals surface area (Å²) in [6.07, 6.45) is 5.56. The lowest BCUT2D eigenvalue weighted by Gasteiger charge is -2.36. The molecule has 2 saturated heterocycles. The lowest BCUT2D eigenvalue weighted by Crippen LogP contribution is -2.48. The molecular weight excluding hydrogens is 504 g/mol. The van der Waals surface area contributed by atoms with Gasteiger partial charge in [0.2, 0.25) is 0 Å². The van der Waals surface area contributed by atoms with E-state index in [2.05, 4.69) is 59.3 Å². The Morgan fingerprint density at radius 1 is 0.900 bits per heavy atom. The summed E-state index contributed by atoms with van der Waals surface area (Å²) in [6, 6.07) is 18.1. The molecule has 0 aliphatic carbocycles. The first-order chi connectivity index (χ1) is 19.6. The number of carbonyl (C=O) groups excluding carboxylic acids is 1. The fourth-order valence-electron chi connectivity index (χ4n) is 5.10. The fraction of sp³-hybridized carbons (Fsp3) is 0.333. The van der Waals surface area contributed by atoms with E-state index in [4.69, 9.17) is 9.72 Å². The van der Waals surface area contributed by atoms with Gasteiger partial charge in [0, 0.05) is 69.3 Å². The predicted octanol–water partition coefficient (Wildman–Crippen LogP) is 3.80. The number of nitrogens with zero attached hydrogens (tertiary/aromatic N) is 7. The van der Waals surface area contributed by atoms with Crippen LogP contribution in [-0.2, 0) is 16.0 Å². The number of benzene rings is 1. The van der Waals surface area contributed by atoms with Gasteiger partial charge in [-0.1, -0.05) is 18.2 Å². The van der Waals surface area contributed by atoms with E-state index in [0.29, 0.717) is 30.3 Å². The van der Waals surface area contributed by atoms with Crippen molar-refractivity contribution in [2.75, 3.05) is 42.9 Å². The Kier molecular flexibility index (Phi) is 7.58. The molecule has 0 radical (unpaired) electrons. The minimum absolute atomic E-state index is 0.0589. The average molecular weight is 537 g/mol. The van der Waals surface area contributed by atoms with Crippen LogP contribution in [0.1, 0.15) is 29.9 Å². The van der Waals surface area contributed by atoms with Crippen molar-refractivity contribution in [2.45, 2.75) is 32.3 Å². The molecule has 0 bridgehead atoms. The molecule has 10 heteroatoms. The number of aryl methyl sites for hydroxylation is 1. The predicted molar refractivity (Wildman–Crippen MR) is 152 cm³/mol. The van der Waals surface area contributed by atoms with E-state index in [1.165, 1.54) is 5.69 Å². The van der Waals surface area contributed by atoms with E-state index in [0.717, 1.165) is 61.9 Å². The number of carbonyl (C=O) groups is 1. The molecule has 2 aliphatic rings. The van der Waals surface area contributed by atoms with Gasteiger partial charge >= 0.3 is 5.97 Å². The van der Waals surface area contributed by atoms with Crippen LogP contribution < -0.4 is 10.2 Å². The number of nitrogens with one attached hydrogen (secondary N) is 1. The van der Waals surface area contributed by atoms with Gasteiger partial charge in [-0.3, -0.25) is 9.69 Å². The van der Waals surface area contributed by atoms with E-state index >= 15 is 0 Å². The number of cyclic esters (lactones) is 1. The van der Waals surface area contributed by atoms with Crippen molar-refractivity contribution in [3.05, 3.63) is 84.1 Å². The number of hydrogen-bond acceptors (Lipinski definition) is 10. The van der Waals surface area contributed by atoms with Gasteiger partial charge in [-0.05, 0) is 55.3 Å². The van der Waals surface area contributed by atoms with Crippen LogP contribution in [0.25, 0.3) is 11.5 Å². The smallest absolute Gasteiger partial charge is 0.306 e. The molecule has 10 nitrogen and oxygen atoms in total. The molecule has 4 aromatic rings. The maximum atomic E-state index is 11.4. The molecule has 0 saturated carbocycles. The summed E-state index contributed by atoms with van der Waals surface area (Å²) in [5.74, 6) is 2.55. The minimum Gasteiger partial charge on any atom is -0.461 e. The largest absolute Gasteiger partial charge is 0.461 e. The Morgan fingerprint density at radius 2 is 1.68 bits per heavy atom. The zero-order valence-corrected chi connectivity index (χ0v) is 22.5. The topological polar surface area (TPSA) is 109 Å². The number of esters is 1. The first kappa shape index (κ1) is 25.8. The second-order valence-electron chi connectivity index (χ2n) is 10.2. The van der Waals surface area contributed by atoms with Crippen LogP contribution in [-0.4, -0.2) is 74.6 Å². The Labute approximate surface area is 233 Å². The minimum atomic E-state index is -0.0619. The molecule has 1 unspecified atom stereocenters. The number of anilines is 3. The van der Waals surface area contributed by atoms with Crippen LogP contribution in [0.5, 0.6) is 0 Å². The molecule has 204 valence electrons. The molecule has 2 aliphatic heterocycles. The number of piperazine rings is 1. The monoisotopic (exact) mass is 536 g/mol. The van der Waals surface area contributed by atoms with E-state index in [-0.39, 0.29) is 12.1 Å². The molecule has 6 rings (SSSR count). The summed E-state index contributed by atoms with van der Waals surface area (Å²) in [4.78, 5) is 38.8. The van der Waals surface area contributed by atoms with Crippen LogP contribution in [0.3, 0.4) is 0 Å². The summed E-state index contributed by atoms with van der Waals surface area (Å²) in [5.41, 5.74) is 4.01. The molecule has 1 aromatic carbocycles. The number of ether oxygens (including phenoxy) is 1. The van der Waals surface area contributed by atoms with Crippen LogP contribution in [0.4, 0.5) is 17.3 Å². The van der Waals surface area contributed by atoms with Crippen molar-refractivity contribution >= 4 is 23.3 Å². The molecule has 3 aromatic heterocycles. The molecule has 0 spiro atoms. The zero-order valence-electron chi connectivity index (χ0n) is 22.5. The highest BCUT2D eigenvalue weighted by atomic mass is 16.5. The summed E-state index contributed by atoms with van der Waals surface area (Å²) in [5, 5.41) is 3.27. The highest BCUT2D eigenvalue weighted by Gasteiger charge is 2.27. The van der Waals surface area contributed by atoms with Gasteiger partial charge in [-0.2, -0.15) is 0 Å². The quantitative estimate of drug-likeness (QED) is 0.334. The SMILES string of the molecule is Cc1cccc(-c2nccc(Nc3ccnc(Cc4ccc(N5CCN(CC6CCC(=O)O6)CC5)cc4)n3)n2)n1. The van der Waals surface area contributed by atoms with Crippen LogP contribution in [0.2, 0.25) is 0 Å². The third-order valence-electron chi connectivity index (χ3n) is 7.20. The Balaban J connectivity index is 1.04. The van der Waals surface area contributed by atoms with Crippen molar-refractivity contribution in [1.82, 2.24) is 29.8 Å². The van der Waals surface area contributed by atoms with Crippen molar-refractivity contribution in [2.24, 2.45) is 0 Å². The molecule has 1 atom stereocenters. The van der Waals surface area contributed by atoms with Gasteiger partial charge in [0.15, 0.2) is 5.82 Å². The first-order valence-electron chi connectivity index (χ1n) is 13.7.